The first-order valence-corrected chi connectivity index (χ1v) is 8.32. The van der Waals surface area contributed by atoms with Crippen LogP contribution in [0.1, 0.15) is 43.0 Å². The van der Waals surface area contributed by atoms with Crippen molar-refractivity contribution in [3.05, 3.63) is 35.9 Å². The Morgan fingerprint density at radius 2 is 2.05 bits per heavy atom. The van der Waals surface area contributed by atoms with Crippen molar-refractivity contribution in [3.8, 4) is 0 Å². The normalized spacial score (nSPS) is 24.4. The topological polar surface area (TPSA) is 38.8 Å². The van der Waals surface area contributed by atoms with Crippen molar-refractivity contribution in [2.45, 2.75) is 44.3 Å². The van der Waals surface area contributed by atoms with Crippen LogP contribution in [0.25, 0.3) is 0 Å². The van der Waals surface area contributed by atoms with Gasteiger partial charge in [-0.3, -0.25) is 4.79 Å². The molecule has 0 saturated carbocycles. The molecule has 4 heteroatoms. The summed E-state index contributed by atoms with van der Waals surface area (Å²) in [6.45, 7) is 5.12. The van der Waals surface area contributed by atoms with E-state index in [0.29, 0.717) is 6.10 Å². The molecule has 3 rings (SSSR count). The highest BCUT2D eigenvalue weighted by Crippen LogP contribution is 2.36. The number of hydrogen-bond acceptors (Lipinski definition) is 3. The summed E-state index contributed by atoms with van der Waals surface area (Å²) in [6.07, 6.45) is 4.09. The van der Waals surface area contributed by atoms with E-state index >= 15 is 0 Å². The summed E-state index contributed by atoms with van der Waals surface area (Å²) in [5.74, 6) is 0.132. The molecule has 22 heavy (non-hydrogen) atoms. The van der Waals surface area contributed by atoms with Crippen molar-refractivity contribution in [1.82, 2.24) is 4.90 Å². The lowest BCUT2D eigenvalue weighted by Gasteiger charge is -2.46. The van der Waals surface area contributed by atoms with E-state index in [4.69, 9.17) is 9.47 Å². The maximum atomic E-state index is 12.5. The summed E-state index contributed by atoms with van der Waals surface area (Å²) in [5, 5.41) is 0. The number of benzene rings is 1. The van der Waals surface area contributed by atoms with Crippen LogP contribution in [0, 0.1) is 0 Å². The average molecular weight is 303 g/mol. The number of ether oxygens (including phenoxy) is 2. The molecular formula is C18H25NO3. The SMILES string of the molecule is CCOC1CCOC2(CCN(C(=O)c3ccccc3)CC2)C1. The smallest absolute Gasteiger partial charge is 0.253 e. The van der Waals surface area contributed by atoms with Crippen molar-refractivity contribution in [2.75, 3.05) is 26.3 Å². The second-order valence-corrected chi connectivity index (χ2v) is 6.26. The molecule has 1 aromatic carbocycles. The van der Waals surface area contributed by atoms with Crippen LogP contribution >= 0.6 is 0 Å². The highest BCUT2D eigenvalue weighted by atomic mass is 16.5. The zero-order valence-electron chi connectivity index (χ0n) is 13.3. The molecule has 2 aliphatic rings. The van der Waals surface area contributed by atoms with Crippen LogP contribution < -0.4 is 0 Å². The van der Waals surface area contributed by atoms with Crippen LogP contribution in [0.15, 0.2) is 30.3 Å². The second-order valence-electron chi connectivity index (χ2n) is 6.26. The van der Waals surface area contributed by atoms with Gasteiger partial charge in [0.15, 0.2) is 0 Å². The molecule has 1 unspecified atom stereocenters. The highest BCUT2D eigenvalue weighted by molar-refractivity contribution is 5.94. The fraction of sp³-hybridized carbons (Fsp3) is 0.611. The van der Waals surface area contributed by atoms with Gasteiger partial charge in [0, 0.05) is 38.3 Å². The van der Waals surface area contributed by atoms with Crippen molar-refractivity contribution in [3.63, 3.8) is 0 Å². The number of hydrogen-bond donors (Lipinski definition) is 0. The number of amides is 1. The van der Waals surface area contributed by atoms with Crippen molar-refractivity contribution >= 4 is 5.91 Å². The maximum absolute atomic E-state index is 12.5. The third-order valence-corrected chi connectivity index (χ3v) is 4.83. The van der Waals surface area contributed by atoms with Crippen LogP contribution in [-0.4, -0.2) is 48.8 Å². The molecule has 1 spiro atoms. The number of likely N-dealkylation sites (tertiary alicyclic amines) is 1. The second kappa shape index (κ2) is 6.80. The lowest BCUT2D eigenvalue weighted by Crippen LogP contribution is -2.52. The number of piperidine rings is 1. The number of nitrogens with zero attached hydrogens (tertiary/aromatic N) is 1. The van der Waals surface area contributed by atoms with E-state index in [9.17, 15) is 4.79 Å². The fourth-order valence-electron chi connectivity index (χ4n) is 3.59. The lowest BCUT2D eigenvalue weighted by molar-refractivity contribution is -0.151. The largest absolute Gasteiger partial charge is 0.378 e. The summed E-state index contributed by atoms with van der Waals surface area (Å²) in [4.78, 5) is 14.5. The van der Waals surface area contributed by atoms with Crippen LogP contribution in [0.3, 0.4) is 0 Å². The molecule has 1 amide bonds. The maximum Gasteiger partial charge on any atom is 0.253 e. The van der Waals surface area contributed by atoms with Gasteiger partial charge in [-0.1, -0.05) is 18.2 Å². The summed E-state index contributed by atoms with van der Waals surface area (Å²) in [5.41, 5.74) is 0.696. The molecule has 0 N–H and O–H groups in total. The number of carbonyl (C=O) groups excluding carboxylic acids is 1. The molecule has 0 aliphatic carbocycles. The molecular weight excluding hydrogens is 278 g/mol. The Hall–Kier alpha value is -1.39. The molecule has 2 saturated heterocycles. The predicted molar refractivity (Wildman–Crippen MR) is 84.9 cm³/mol. The first-order chi connectivity index (χ1) is 10.7. The average Bonchev–Trinajstić information content (AvgIpc) is 2.56. The van der Waals surface area contributed by atoms with Crippen molar-refractivity contribution < 1.29 is 14.3 Å². The van der Waals surface area contributed by atoms with Crippen molar-refractivity contribution in [2.24, 2.45) is 0 Å². The van der Waals surface area contributed by atoms with E-state index in [2.05, 4.69) is 0 Å². The van der Waals surface area contributed by atoms with E-state index in [-0.39, 0.29) is 11.5 Å². The quantitative estimate of drug-likeness (QED) is 0.862. The van der Waals surface area contributed by atoms with E-state index < -0.39 is 0 Å². The minimum absolute atomic E-state index is 0.0778. The molecule has 0 aromatic heterocycles. The zero-order chi connectivity index (χ0) is 15.4. The Balaban J connectivity index is 1.59. The Labute approximate surface area is 132 Å². The Bertz CT molecular complexity index is 492. The first kappa shape index (κ1) is 15.5. The molecule has 0 bridgehead atoms. The Morgan fingerprint density at radius 3 is 2.73 bits per heavy atom. The van der Waals surface area contributed by atoms with Gasteiger partial charge in [0.25, 0.3) is 5.91 Å². The van der Waals surface area contributed by atoms with Crippen molar-refractivity contribution in [1.29, 1.82) is 0 Å². The fourth-order valence-corrected chi connectivity index (χ4v) is 3.59. The van der Waals surface area contributed by atoms with Crippen LogP contribution in [0.2, 0.25) is 0 Å². The van der Waals surface area contributed by atoms with Gasteiger partial charge in [0.1, 0.15) is 0 Å². The first-order valence-electron chi connectivity index (χ1n) is 8.32. The third kappa shape index (κ3) is 3.33. The van der Waals surface area contributed by atoms with Gasteiger partial charge in [-0.2, -0.15) is 0 Å². The molecule has 1 aromatic rings. The Morgan fingerprint density at radius 1 is 1.32 bits per heavy atom. The van der Waals surface area contributed by atoms with Gasteiger partial charge < -0.3 is 14.4 Å². The Kier molecular flexibility index (Phi) is 4.79. The molecule has 120 valence electrons. The summed E-state index contributed by atoms with van der Waals surface area (Å²) in [6, 6.07) is 9.53. The molecule has 1 atom stereocenters. The zero-order valence-corrected chi connectivity index (χ0v) is 13.3. The standard InChI is InChI=1S/C18H25NO3/c1-2-21-16-8-13-22-18(14-16)9-11-19(12-10-18)17(20)15-6-4-3-5-7-15/h3-7,16H,2,8-14H2,1H3. The van der Waals surface area contributed by atoms with E-state index in [1.165, 1.54) is 0 Å². The van der Waals surface area contributed by atoms with Crippen LogP contribution in [-0.2, 0) is 9.47 Å². The molecule has 4 nitrogen and oxygen atoms in total. The number of rotatable bonds is 3. The van der Waals surface area contributed by atoms with Gasteiger partial charge in [-0.25, -0.2) is 0 Å². The third-order valence-electron chi connectivity index (χ3n) is 4.83. The van der Waals surface area contributed by atoms with Gasteiger partial charge >= 0.3 is 0 Å². The number of carbonyl (C=O) groups is 1. The molecule has 2 heterocycles. The monoisotopic (exact) mass is 303 g/mol. The van der Waals surface area contributed by atoms with Crippen LogP contribution in [0.4, 0.5) is 0 Å². The summed E-state index contributed by atoms with van der Waals surface area (Å²) in [7, 11) is 0. The van der Waals surface area contributed by atoms with E-state index in [1.54, 1.807) is 0 Å². The molecule has 2 fully saturated rings. The van der Waals surface area contributed by atoms with Crippen LogP contribution in [0.5, 0.6) is 0 Å². The van der Waals surface area contributed by atoms with Gasteiger partial charge in [-0.15, -0.1) is 0 Å². The molecule has 2 aliphatic heterocycles. The summed E-state index contributed by atoms with van der Waals surface area (Å²) >= 11 is 0. The predicted octanol–water partition coefficient (Wildman–Crippen LogP) is 2.88. The van der Waals surface area contributed by atoms with Gasteiger partial charge in [0.2, 0.25) is 0 Å². The summed E-state index contributed by atoms with van der Waals surface area (Å²) < 4.78 is 11.9. The minimum Gasteiger partial charge on any atom is -0.378 e. The lowest BCUT2D eigenvalue weighted by atomic mass is 9.83. The van der Waals surface area contributed by atoms with Gasteiger partial charge in [0.05, 0.1) is 11.7 Å². The van der Waals surface area contributed by atoms with E-state index in [0.717, 1.165) is 57.6 Å². The molecule has 0 radical (unpaired) electrons. The van der Waals surface area contributed by atoms with E-state index in [1.807, 2.05) is 42.2 Å². The van der Waals surface area contributed by atoms with Gasteiger partial charge in [-0.05, 0) is 38.3 Å². The highest BCUT2D eigenvalue weighted by Gasteiger charge is 2.41. The minimum atomic E-state index is -0.0778.